The van der Waals surface area contributed by atoms with E-state index in [1.165, 1.54) is 18.2 Å². The Bertz CT molecular complexity index is 768. The summed E-state index contributed by atoms with van der Waals surface area (Å²) in [7, 11) is 0. The highest BCUT2D eigenvalue weighted by molar-refractivity contribution is 6.33. The van der Waals surface area contributed by atoms with Gasteiger partial charge in [-0.3, -0.25) is 0 Å². The summed E-state index contributed by atoms with van der Waals surface area (Å²) in [5.41, 5.74) is 1.26. The van der Waals surface area contributed by atoms with Crippen molar-refractivity contribution in [1.82, 2.24) is 0 Å². The molecule has 0 radical (unpaired) electrons. The quantitative estimate of drug-likeness (QED) is 0.856. The molecular formula is C17H15ClO5. The van der Waals surface area contributed by atoms with Gasteiger partial charge in [-0.2, -0.15) is 0 Å². The Kier molecular flexibility index (Phi) is 4.91. The summed E-state index contributed by atoms with van der Waals surface area (Å²) >= 11 is 5.95. The second kappa shape index (κ2) is 6.71. The van der Waals surface area contributed by atoms with Crippen LogP contribution in [0.25, 0.3) is 11.1 Å². The molecule has 0 spiro atoms. The number of hydrogen-bond acceptors (Lipinski definition) is 3. The lowest BCUT2D eigenvalue weighted by Gasteiger charge is -2.13. The van der Waals surface area contributed by atoms with E-state index in [-0.39, 0.29) is 28.0 Å². The van der Waals surface area contributed by atoms with E-state index in [0.29, 0.717) is 11.1 Å². The molecule has 0 heterocycles. The van der Waals surface area contributed by atoms with Crippen molar-refractivity contribution in [2.24, 2.45) is 0 Å². The van der Waals surface area contributed by atoms with Crippen molar-refractivity contribution < 1.29 is 24.5 Å². The first-order valence-electron chi connectivity index (χ1n) is 6.87. The highest BCUT2D eigenvalue weighted by Gasteiger charge is 2.15. The third kappa shape index (κ3) is 3.81. The van der Waals surface area contributed by atoms with Crippen LogP contribution in [0, 0.1) is 0 Å². The van der Waals surface area contributed by atoms with Gasteiger partial charge in [0.25, 0.3) is 0 Å². The van der Waals surface area contributed by atoms with E-state index in [0.717, 1.165) is 0 Å². The lowest BCUT2D eigenvalue weighted by Crippen LogP contribution is -2.10. The van der Waals surface area contributed by atoms with Crippen LogP contribution >= 0.6 is 11.6 Å². The van der Waals surface area contributed by atoms with E-state index in [9.17, 15) is 14.7 Å². The first-order chi connectivity index (χ1) is 10.8. The van der Waals surface area contributed by atoms with Gasteiger partial charge >= 0.3 is 11.9 Å². The molecule has 2 aromatic rings. The fourth-order valence-electron chi connectivity index (χ4n) is 2.10. The molecule has 0 unspecified atom stereocenters. The fourth-order valence-corrected chi connectivity index (χ4v) is 2.36. The zero-order valence-corrected chi connectivity index (χ0v) is 13.3. The van der Waals surface area contributed by atoms with Crippen molar-refractivity contribution in [3.63, 3.8) is 0 Å². The van der Waals surface area contributed by atoms with Gasteiger partial charge in [-0.25, -0.2) is 9.59 Å². The molecule has 0 amide bonds. The van der Waals surface area contributed by atoms with Crippen molar-refractivity contribution in [2.75, 3.05) is 0 Å². The lowest BCUT2D eigenvalue weighted by atomic mass is 10.0. The zero-order chi connectivity index (χ0) is 17.1. The Morgan fingerprint density at radius 3 is 2.04 bits per heavy atom. The summed E-state index contributed by atoms with van der Waals surface area (Å²) in [5, 5.41) is 18.4. The van der Waals surface area contributed by atoms with Gasteiger partial charge < -0.3 is 14.9 Å². The molecule has 120 valence electrons. The molecule has 2 aromatic carbocycles. The number of benzene rings is 2. The molecule has 0 aliphatic heterocycles. The molecular weight excluding hydrogens is 320 g/mol. The molecule has 23 heavy (non-hydrogen) atoms. The molecule has 5 nitrogen and oxygen atoms in total. The van der Waals surface area contributed by atoms with Crippen LogP contribution in [0.4, 0.5) is 0 Å². The van der Waals surface area contributed by atoms with Gasteiger partial charge in [-0.05, 0) is 49.2 Å². The maximum Gasteiger partial charge on any atom is 0.339 e. The molecule has 0 saturated carbocycles. The summed E-state index contributed by atoms with van der Waals surface area (Å²) < 4.78 is 5.49. The van der Waals surface area contributed by atoms with E-state index in [2.05, 4.69) is 0 Å². The number of carboxylic acid groups (broad SMARTS) is 2. The van der Waals surface area contributed by atoms with E-state index >= 15 is 0 Å². The second-order valence-corrected chi connectivity index (χ2v) is 5.59. The Hall–Kier alpha value is -2.53. The summed E-state index contributed by atoms with van der Waals surface area (Å²) in [5.74, 6) is -1.94. The maximum absolute atomic E-state index is 11.4. The van der Waals surface area contributed by atoms with Crippen molar-refractivity contribution in [2.45, 2.75) is 20.0 Å². The zero-order valence-electron chi connectivity index (χ0n) is 12.5. The molecule has 0 fully saturated rings. The van der Waals surface area contributed by atoms with Crippen LogP contribution in [0.2, 0.25) is 5.02 Å². The third-order valence-corrected chi connectivity index (χ3v) is 3.42. The molecule has 2 N–H and O–H groups in total. The summed E-state index contributed by atoms with van der Waals surface area (Å²) in [6, 6.07) is 9.23. The number of hydrogen-bond donors (Lipinski definition) is 2. The van der Waals surface area contributed by atoms with Crippen molar-refractivity contribution in [1.29, 1.82) is 0 Å². The fraction of sp³-hybridized carbons (Fsp3) is 0.176. The maximum atomic E-state index is 11.4. The van der Waals surface area contributed by atoms with Crippen LogP contribution in [0.3, 0.4) is 0 Å². The van der Waals surface area contributed by atoms with Crippen molar-refractivity contribution in [3.8, 4) is 16.9 Å². The van der Waals surface area contributed by atoms with Crippen molar-refractivity contribution in [3.05, 3.63) is 52.5 Å². The molecule has 0 aliphatic carbocycles. The molecule has 2 rings (SSSR count). The number of aromatic carboxylic acids is 2. The highest BCUT2D eigenvalue weighted by Crippen LogP contribution is 2.30. The van der Waals surface area contributed by atoms with Gasteiger partial charge in [0.1, 0.15) is 11.3 Å². The first kappa shape index (κ1) is 16.8. The lowest BCUT2D eigenvalue weighted by molar-refractivity contribution is 0.0682. The van der Waals surface area contributed by atoms with Crippen LogP contribution in [0.15, 0.2) is 36.4 Å². The monoisotopic (exact) mass is 334 g/mol. The third-order valence-electron chi connectivity index (χ3n) is 3.11. The van der Waals surface area contributed by atoms with Crippen LogP contribution < -0.4 is 4.74 Å². The standard InChI is InChI=1S/C17H15ClO5/c1-9(2)23-15-6-4-10(7-13(15)17(21)22)11-3-5-12(16(19)20)14(18)8-11/h3-9H,1-2H3,(H,19,20)(H,21,22). The molecule has 0 saturated heterocycles. The number of rotatable bonds is 5. The van der Waals surface area contributed by atoms with Gasteiger partial charge in [-0.1, -0.05) is 23.7 Å². The SMILES string of the molecule is CC(C)Oc1ccc(-c2ccc(C(=O)O)c(Cl)c2)cc1C(=O)O. The van der Waals surface area contributed by atoms with Gasteiger partial charge in [0.2, 0.25) is 0 Å². The minimum atomic E-state index is -1.12. The van der Waals surface area contributed by atoms with E-state index < -0.39 is 11.9 Å². The molecule has 0 aromatic heterocycles. The summed E-state index contributed by atoms with van der Waals surface area (Å²) in [6.07, 6.45) is -0.150. The highest BCUT2D eigenvalue weighted by atomic mass is 35.5. The first-order valence-corrected chi connectivity index (χ1v) is 7.24. The predicted molar refractivity (Wildman–Crippen MR) is 86.6 cm³/mol. The summed E-state index contributed by atoms with van der Waals surface area (Å²) in [6.45, 7) is 3.62. The van der Waals surface area contributed by atoms with E-state index in [1.807, 2.05) is 13.8 Å². The Morgan fingerprint density at radius 2 is 1.52 bits per heavy atom. The number of ether oxygens (including phenoxy) is 1. The Morgan fingerprint density at radius 1 is 0.957 bits per heavy atom. The van der Waals surface area contributed by atoms with Crippen LogP contribution in [0.1, 0.15) is 34.6 Å². The van der Waals surface area contributed by atoms with Crippen LogP contribution in [-0.4, -0.2) is 28.3 Å². The summed E-state index contributed by atoms with van der Waals surface area (Å²) in [4.78, 5) is 22.4. The number of halogens is 1. The second-order valence-electron chi connectivity index (χ2n) is 5.18. The Labute approximate surface area is 138 Å². The molecule has 6 heteroatoms. The topological polar surface area (TPSA) is 83.8 Å². The largest absolute Gasteiger partial charge is 0.490 e. The average Bonchev–Trinajstić information content (AvgIpc) is 2.46. The molecule has 0 atom stereocenters. The van der Waals surface area contributed by atoms with Gasteiger partial charge in [0.15, 0.2) is 0 Å². The molecule has 0 bridgehead atoms. The number of carbonyl (C=O) groups is 2. The average molecular weight is 335 g/mol. The van der Waals surface area contributed by atoms with Gasteiger partial charge in [0.05, 0.1) is 16.7 Å². The minimum Gasteiger partial charge on any atom is -0.490 e. The smallest absolute Gasteiger partial charge is 0.339 e. The van der Waals surface area contributed by atoms with Crippen LogP contribution in [-0.2, 0) is 0 Å². The van der Waals surface area contributed by atoms with Gasteiger partial charge in [0, 0.05) is 0 Å². The Balaban J connectivity index is 2.48. The normalized spacial score (nSPS) is 10.6. The van der Waals surface area contributed by atoms with Crippen LogP contribution in [0.5, 0.6) is 5.75 Å². The van der Waals surface area contributed by atoms with Crippen molar-refractivity contribution >= 4 is 23.5 Å². The van der Waals surface area contributed by atoms with E-state index in [1.54, 1.807) is 18.2 Å². The predicted octanol–water partition coefficient (Wildman–Crippen LogP) is 4.19. The van der Waals surface area contributed by atoms with Gasteiger partial charge in [-0.15, -0.1) is 0 Å². The van der Waals surface area contributed by atoms with E-state index in [4.69, 9.17) is 21.4 Å². The number of carboxylic acids is 2. The minimum absolute atomic E-state index is 0.00589. The molecule has 0 aliphatic rings.